The van der Waals surface area contributed by atoms with Crippen LogP contribution in [0.25, 0.3) is 10.9 Å². The summed E-state index contributed by atoms with van der Waals surface area (Å²) in [5.74, 6) is -1.93. The molecule has 2 heterocycles. The van der Waals surface area contributed by atoms with Gasteiger partial charge < -0.3 is 10.2 Å². The van der Waals surface area contributed by atoms with E-state index >= 15 is 0 Å². The molecule has 0 spiro atoms. The minimum Gasteiger partial charge on any atom is -0.352 e. The van der Waals surface area contributed by atoms with E-state index in [9.17, 15) is 18.4 Å². The van der Waals surface area contributed by atoms with Gasteiger partial charge in [-0.25, -0.2) is 13.8 Å². The zero-order chi connectivity index (χ0) is 19.0. The van der Waals surface area contributed by atoms with Crippen molar-refractivity contribution in [3.63, 3.8) is 0 Å². The van der Waals surface area contributed by atoms with Gasteiger partial charge in [0.1, 0.15) is 28.9 Å². The van der Waals surface area contributed by atoms with Crippen molar-refractivity contribution < 1.29 is 18.4 Å². The van der Waals surface area contributed by atoms with E-state index in [2.05, 4.69) is 10.3 Å². The van der Waals surface area contributed by atoms with Crippen LogP contribution in [0.15, 0.2) is 54.6 Å². The predicted molar refractivity (Wildman–Crippen MR) is 94.9 cm³/mol. The number of rotatable bonds is 2. The van der Waals surface area contributed by atoms with E-state index in [4.69, 9.17) is 0 Å². The molecule has 0 radical (unpaired) electrons. The van der Waals surface area contributed by atoms with E-state index in [-0.39, 0.29) is 24.3 Å². The first kappa shape index (κ1) is 17.1. The quantitative estimate of drug-likeness (QED) is 0.758. The van der Waals surface area contributed by atoms with Crippen molar-refractivity contribution in [2.75, 3.05) is 13.1 Å². The van der Waals surface area contributed by atoms with Crippen molar-refractivity contribution in [3.05, 3.63) is 77.5 Å². The second kappa shape index (κ2) is 6.75. The van der Waals surface area contributed by atoms with Crippen LogP contribution in [-0.2, 0) is 4.79 Å². The summed E-state index contributed by atoms with van der Waals surface area (Å²) in [6, 6.07) is 12.2. The van der Waals surface area contributed by atoms with Crippen LogP contribution in [0.2, 0.25) is 0 Å². The minimum atomic E-state index is -0.972. The molecule has 136 valence electrons. The highest BCUT2D eigenvalue weighted by atomic mass is 19.1. The number of fused-ring (bicyclic) bond motifs is 1. The summed E-state index contributed by atoms with van der Waals surface area (Å²) in [5.41, 5.74) is 0.489. The lowest BCUT2D eigenvalue weighted by Crippen LogP contribution is -2.52. The first-order valence-corrected chi connectivity index (χ1v) is 8.44. The third-order valence-corrected chi connectivity index (χ3v) is 4.53. The maximum atomic E-state index is 14.0. The molecule has 1 saturated heterocycles. The highest BCUT2D eigenvalue weighted by Crippen LogP contribution is 2.26. The molecule has 0 aliphatic carbocycles. The Morgan fingerprint density at radius 2 is 1.93 bits per heavy atom. The smallest absolute Gasteiger partial charge is 0.273 e. The van der Waals surface area contributed by atoms with Gasteiger partial charge in [-0.2, -0.15) is 0 Å². The Kier molecular flexibility index (Phi) is 4.27. The Hall–Kier alpha value is -3.35. The number of nitrogens with one attached hydrogen (secondary N) is 1. The molecule has 2 aromatic carbocycles. The second-order valence-electron chi connectivity index (χ2n) is 6.26. The number of nitrogens with zero attached hydrogens (tertiary/aromatic N) is 2. The van der Waals surface area contributed by atoms with Crippen molar-refractivity contribution in [2.24, 2.45) is 0 Å². The molecule has 5 nitrogen and oxygen atoms in total. The molecule has 1 aliphatic rings. The van der Waals surface area contributed by atoms with E-state index in [1.807, 2.05) is 0 Å². The van der Waals surface area contributed by atoms with Gasteiger partial charge in [-0.15, -0.1) is 0 Å². The Morgan fingerprint density at radius 1 is 1.11 bits per heavy atom. The van der Waals surface area contributed by atoms with Gasteiger partial charge in [0.15, 0.2) is 0 Å². The number of carbonyl (C=O) groups is 2. The van der Waals surface area contributed by atoms with Crippen molar-refractivity contribution in [1.29, 1.82) is 0 Å². The summed E-state index contributed by atoms with van der Waals surface area (Å²) in [7, 11) is 0. The third-order valence-electron chi connectivity index (χ3n) is 4.53. The summed E-state index contributed by atoms with van der Waals surface area (Å²) >= 11 is 0. The Bertz CT molecular complexity index is 1050. The molecule has 0 unspecified atom stereocenters. The lowest BCUT2D eigenvalue weighted by molar-refractivity contribution is -0.128. The first-order valence-electron chi connectivity index (χ1n) is 8.44. The SMILES string of the molecule is O=C1NCCN(C(=O)c2ccc3cccc(F)c3n2)[C@@H]1c1cccc(F)c1. The molecule has 4 rings (SSSR count). The standard InChI is InChI=1S/C20H15F2N3O2/c21-14-5-1-4-13(11-14)18-19(26)23-9-10-25(18)20(27)16-8-7-12-3-2-6-15(22)17(12)24-16/h1-8,11,18H,9-10H2,(H,23,26)/t18-/m1/s1. The van der Waals surface area contributed by atoms with Crippen molar-refractivity contribution in [1.82, 2.24) is 15.2 Å². The van der Waals surface area contributed by atoms with Gasteiger partial charge in [0.25, 0.3) is 5.91 Å². The third kappa shape index (κ3) is 3.12. The molecule has 27 heavy (non-hydrogen) atoms. The lowest BCUT2D eigenvalue weighted by Gasteiger charge is -2.35. The van der Waals surface area contributed by atoms with E-state index in [0.29, 0.717) is 10.9 Å². The fourth-order valence-corrected chi connectivity index (χ4v) is 3.27. The zero-order valence-corrected chi connectivity index (χ0v) is 14.2. The predicted octanol–water partition coefficient (Wildman–Crippen LogP) is 2.83. The molecule has 1 aliphatic heterocycles. The number of para-hydroxylation sites is 1. The summed E-state index contributed by atoms with van der Waals surface area (Å²) in [4.78, 5) is 30.9. The molecule has 3 aromatic rings. The molecular formula is C20H15F2N3O2. The normalized spacial score (nSPS) is 17.0. The van der Waals surface area contributed by atoms with Crippen molar-refractivity contribution in [2.45, 2.75) is 6.04 Å². The topological polar surface area (TPSA) is 62.3 Å². The molecule has 0 saturated carbocycles. The van der Waals surface area contributed by atoms with Crippen LogP contribution in [0.3, 0.4) is 0 Å². The zero-order valence-electron chi connectivity index (χ0n) is 14.2. The lowest BCUT2D eigenvalue weighted by atomic mass is 10.0. The number of aromatic nitrogens is 1. The first-order chi connectivity index (χ1) is 13.0. The Labute approximate surface area is 153 Å². The average Bonchev–Trinajstić information content (AvgIpc) is 2.67. The van der Waals surface area contributed by atoms with Crippen molar-refractivity contribution in [3.8, 4) is 0 Å². The number of hydrogen-bond acceptors (Lipinski definition) is 3. The molecular weight excluding hydrogens is 352 g/mol. The summed E-state index contributed by atoms with van der Waals surface area (Å²) in [5, 5.41) is 3.26. The number of hydrogen-bond donors (Lipinski definition) is 1. The number of amides is 2. The average molecular weight is 367 g/mol. The van der Waals surface area contributed by atoms with Crippen LogP contribution in [0.4, 0.5) is 8.78 Å². The van der Waals surface area contributed by atoms with Gasteiger partial charge in [0, 0.05) is 18.5 Å². The summed E-state index contributed by atoms with van der Waals surface area (Å²) in [6.45, 7) is 0.515. The fourth-order valence-electron chi connectivity index (χ4n) is 3.27. The van der Waals surface area contributed by atoms with Crippen LogP contribution >= 0.6 is 0 Å². The number of benzene rings is 2. The monoisotopic (exact) mass is 367 g/mol. The van der Waals surface area contributed by atoms with E-state index in [1.165, 1.54) is 35.2 Å². The van der Waals surface area contributed by atoms with Crippen LogP contribution in [0, 0.1) is 11.6 Å². The van der Waals surface area contributed by atoms with Crippen molar-refractivity contribution >= 4 is 22.7 Å². The number of piperazine rings is 1. The van der Waals surface area contributed by atoms with Crippen LogP contribution in [-0.4, -0.2) is 34.8 Å². The molecule has 1 atom stereocenters. The highest BCUT2D eigenvalue weighted by Gasteiger charge is 2.35. The molecule has 0 bridgehead atoms. The number of pyridine rings is 1. The van der Waals surface area contributed by atoms with Crippen LogP contribution in [0.1, 0.15) is 22.1 Å². The Balaban J connectivity index is 1.74. The number of carbonyl (C=O) groups excluding carboxylic acids is 2. The molecule has 1 fully saturated rings. The summed E-state index contributed by atoms with van der Waals surface area (Å²) < 4.78 is 27.7. The largest absolute Gasteiger partial charge is 0.352 e. The van der Waals surface area contributed by atoms with Gasteiger partial charge in [0.2, 0.25) is 5.91 Å². The minimum absolute atomic E-state index is 0.0312. The maximum absolute atomic E-state index is 14.0. The second-order valence-corrected chi connectivity index (χ2v) is 6.26. The fraction of sp³-hybridized carbons (Fsp3) is 0.150. The molecule has 1 N–H and O–H groups in total. The molecule has 7 heteroatoms. The van der Waals surface area contributed by atoms with Gasteiger partial charge >= 0.3 is 0 Å². The van der Waals surface area contributed by atoms with E-state index < -0.39 is 29.5 Å². The Morgan fingerprint density at radius 3 is 2.74 bits per heavy atom. The van der Waals surface area contributed by atoms with Crippen LogP contribution in [0.5, 0.6) is 0 Å². The number of halogens is 2. The molecule has 2 amide bonds. The van der Waals surface area contributed by atoms with E-state index in [1.54, 1.807) is 24.3 Å². The summed E-state index contributed by atoms with van der Waals surface area (Å²) in [6.07, 6.45) is 0. The van der Waals surface area contributed by atoms with Gasteiger partial charge in [-0.1, -0.05) is 30.3 Å². The van der Waals surface area contributed by atoms with Gasteiger partial charge in [-0.3, -0.25) is 9.59 Å². The van der Waals surface area contributed by atoms with Gasteiger partial charge in [0.05, 0.1) is 0 Å². The van der Waals surface area contributed by atoms with Gasteiger partial charge in [-0.05, 0) is 29.8 Å². The maximum Gasteiger partial charge on any atom is 0.273 e. The molecule has 1 aromatic heterocycles. The van der Waals surface area contributed by atoms with Crippen LogP contribution < -0.4 is 5.32 Å². The highest BCUT2D eigenvalue weighted by molar-refractivity contribution is 5.98. The van der Waals surface area contributed by atoms with E-state index in [0.717, 1.165) is 0 Å².